The molecule has 4 rings (SSSR count). The molecule has 0 bridgehead atoms. The molecule has 0 aliphatic heterocycles. The SMILES string of the molecule is O=C(Nc1ncc(Cc2cccc(Cl)c2)s1)c1ccc(Cn2cncn2)cc1. The van der Waals surface area contributed by atoms with Gasteiger partial charge in [0, 0.05) is 28.1 Å². The van der Waals surface area contributed by atoms with Crippen LogP contribution in [0.3, 0.4) is 0 Å². The topological polar surface area (TPSA) is 72.7 Å². The second-order valence-corrected chi connectivity index (χ2v) is 7.73. The number of carbonyl (C=O) groups is 1. The van der Waals surface area contributed by atoms with Crippen LogP contribution in [0.25, 0.3) is 0 Å². The summed E-state index contributed by atoms with van der Waals surface area (Å²) in [6, 6.07) is 15.1. The Morgan fingerprint density at radius 3 is 2.75 bits per heavy atom. The normalized spacial score (nSPS) is 10.8. The standard InChI is InChI=1S/C20H16ClN5OS/c21-17-3-1-2-15(8-17)9-18-10-23-20(28-18)25-19(27)16-6-4-14(5-7-16)11-26-13-22-12-24-26/h1-8,10,12-13H,9,11H2,(H,23,25,27). The van der Waals surface area contributed by atoms with Crippen molar-refractivity contribution in [2.24, 2.45) is 0 Å². The quantitative estimate of drug-likeness (QED) is 0.516. The summed E-state index contributed by atoms with van der Waals surface area (Å²) in [4.78, 5) is 21.7. The van der Waals surface area contributed by atoms with Gasteiger partial charge in [-0.3, -0.25) is 10.1 Å². The fourth-order valence-electron chi connectivity index (χ4n) is 2.73. The Balaban J connectivity index is 1.37. The van der Waals surface area contributed by atoms with E-state index in [2.05, 4.69) is 20.4 Å². The number of benzene rings is 2. The van der Waals surface area contributed by atoms with E-state index in [-0.39, 0.29) is 5.91 Å². The van der Waals surface area contributed by atoms with Gasteiger partial charge in [-0.15, -0.1) is 11.3 Å². The Bertz CT molecular complexity index is 1080. The molecule has 0 radical (unpaired) electrons. The van der Waals surface area contributed by atoms with Crippen molar-refractivity contribution in [2.75, 3.05) is 5.32 Å². The zero-order chi connectivity index (χ0) is 19.3. The molecule has 2 heterocycles. The van der Waals surface area contributed by atoms with Gasteiger partial charge in [0.25, 0.3) is 5.91 Å². The minimum Gasteiger partial charge on any atom is -0.298 e. The number of nitrogens with zero attached hydrogens (tertiary/aromatic N) is 4. The summed E-state index contributed by atoms with van der Waals surface area (Å²) in [5.41, 5.74) is 2.73. The molecule has 2 aromatic carbocycles. The highest BCUT2D eigenvalue weighted by Crippen LogP contribution is 2.23. The zero-order valence-corrected chi connectivity index (χ0v) is 16.3. The number of aromatic nitrogens is 4. The van der Waals surface area contributed by atoms with Crippen LogP contribution in [-0.2, 0) is 13.0 Å². The van der Waals surface area contributed by atoms with Crippen molar-refractivity contribution in [1.82, 2.24) is 19.7 Å². The highest BCUT2D eigenvalue weighted by molar-refractivity contribution is 7.15. The first-order chi connectivity index (χ1) is 13.7. The maximum Gasteiger partial charge on any atom is 0.257 e. The average Bonchev–Trinajstić information content (AvgIpc) is 3.34. The summed E-state index contributed by atoms with van der Waals surface area (Å²) in [6.45, 7) is 0.612. The number of thiazole rings is 1. The highest BCUT2D eigenvalue weighted by Gasteiger charge is 2.10. The largest absolute Gasteiger partial charge is 0.298 e. The molecule has 8 heteroatoms. The van der Waals surface area contributed by atoms with Crippen LogP contribution in [0.4, 0.5) is 5.13 Å². The molecule has 0 spiro atoms. The molecule has 1 amide bonds. The summed E-state index contributed by atoms with van der Waals surface area (Å²) in [5, 5.41) is 8.22. The molecule has 1 N–H and O–H groups in total. The maximum atomic E-state index is 12.5. The van der Waals surface area contributed by atoms with E-state index in [0.29, 0.717) is 22.3 Å². The lowest BCUT2D eigenvalue weighted by Gasteiger charge is -2.04. The first-order valence-electron chi connectivity index (χ1n) is 8.57. The number of amides is 1. The minimum atomic E-state index is -0.184. The molecule has 0 atom stereocenters. The number of rotatable bonds is 6. The molecular formula is C20H16ClN5OS. The van der Waals surface area contributed by atoms with Crippen molar-refractivity contribution in [3.8, 4) is 0 Å². The van der Waals surface area contributed by atoms with Gasteiger partial charge in [-0.25, -0.2) is 14.6 Å². The summed E-state index contributed by atoms with van der Waals surface area (Å²) in [5.74, 6) is -0.184. The number of hydrogen-bond acceptors (Lipinski definition) is 5. The third-order valence-electron chi connectivity index (χ3n) is 4.07. The first kappa shape index (κ1) is 18.3. The number of nitrogens with one attached hydrogen (secondary N) is 1. The van der Waals surface area contributed by atoms with Gasteiger partial charge in [0.2, 0.25) is 0 Å². The Hall–Kier alpha value is -3.03. The third kappa shape index (κ3) is 4.62. The monoisotopic (exact) mass is 409 g/mol. The Kier molecular flexibility index (Phi) is 5.45. The van der Waals surface area contributed by atoms with E-state index in [1.54, 1.807) is 29.3 Å². The molecule has 28 heavy (non-hydrogen) atoms. The van der Waals surface area contributed by atoms with E-state index in [1.807, 2.05) is 36.4 Å². The van der Waals surface area contributed by atoms with Crippen LogP contribution < -0.4 is 5.32 Å². The summed E-state index contributed by atoms with van der Waals surface area (Å²) in [6.07, 6.45) is 5.66. The van der Waals surface area contributed by atoms with Crippen molar-refractivity contribution >= 4 is 34.0 Å². The predicted octanol–water partition coefficient (Wildman–Crippen LogP) is 4.28. The lowest BCUT2D eigenvalue weighted by Crippen LogP contribution is -2.11. The van der Waals surface area contributed by atoms with Crippen molar-refractivity contribution in [2.45, 2.75) is 13.0 Å². The first-order valence-corrected chi connectivity index (χ1v) is 9.77. The average molecular weight is 410 g/mol. The fourth-order valence-corrected chi connectivity index (χ4v) is 3.78. The van der Waals surface area contributed by atoms with E-state index < -0.39 is 0 Å². The van der Waals surface area contributed by atoms with Crippen molar-refractivity contribution in [3.05, 3.63) is 94.0 Å². The molecule has 6 nitrogen and oxygen atoms in total. The van der Waals surface area contributed by atoms with Gasteiger partial charge in [-0.1, -0.05) is 35.9 Å². The predicted molar refractivity (Wildman–Crippen MR) is 110 cm³/mol. The lowest BCUT2D eigenvalue weighted by molar-refractivity contribution is 0.102. The lowest BCUT2D eigenvalue weighted by atomic mass is 10.1. The molecular weight excluding hydrogens is 394 g/mol. The van der Waals surface area contributed by atoms with Gasteiger partial charge in [-0.2, -0.15) is 5.10 Å². The van der Waals surface area contributed by atoms with E-state index >= 15 is 0 Å². The van der Waals surface area contributed by atoms with Crippen molar-refractivity contribution in [3.63, 3.8) is 0 Å². The summed E-state index contributed by atoms with van der Waals surface area (Å²) in [7, 11) is 0. The van der Waals surface area contributed by atoms with Crippen LogP contribution in [0.5, 0.6) is 0 Å². The molecule has 0 aliphatic rings. The van der Waals surface area contributed by atoms with Crippen molar-refractivity contribution in [1.29, 1.82) is 0 Å². The smallest absolute Gasteiger partial charge is 0.257 e. The fraction of sp³-hybridized carbons (Fsp3) is 0.100. The van der Waals surface area contributed by atoms with E-state index in [0.717, 1.165) is 22.4 Å². The summed E-state index contributed by atoms with van der Waals surface area (Å²) >= 11 is 7.48. The van der Waals surface area contributed by atoms with Gasteiger partial charge >= 0.3 is 0 Å². The Labute approximate surface area is 170 Å². The molecule has 2 aromatic heterocycles. The molecule has 4 aromatic rings. The summed E-state index contributed by atoms with van der Waals surface area (Å²) < 4.78 is 1.73. The van der Waals surface area contributed by atoms with E-state index in [4.69, 9.17) is 11.6 Å². The molecule has 140 valence electrons. The van der Waals surface area contributed by atoms with E-state index in [1.165, 1.54) is 17.7 Å². The van der Waals surface area contributed by atoms with Gasteiger partial charge in [0.15, 0.2) is 5.13 Å². The van der Waals surface area contributed by atoms with Crippen molar-refractivity contribution < 1.29 is 4.79 Å². The molecule has 0 fully saturated rings. The number of halogens is 1. The zero-order valence-electron chi connectivity index (χ0n) is 14.7. The van der Waals surface area contributed by atoms with E-state index in [9.17, 15) is 4.79 Å². The van der Waals surface area contributed by atoms with Gasteiger partial charge in [-0.05, 0) is 35.4 Å². The van der Waals surface area contributed by atoms with Gasteiger partial charge in [0.05, 0.1) is 6.54 Å². The number of anilines is 1. The van der Waals surface area contributed by atoms with Crippen LogP contribution in [0.1, 0.15) is 26.4 Å². The van der Waals surface area contributed by atoms with Crippen LogP contribution in [0.2, 0.25) is 5.02 Å². The van der Waals surface area contributed by atoms with Gasteiger partial charge < -0.3 is 0 Å². The molecule has 0 saturated carbocycles. The second kappa shape index (κ2) is 8.33. The maximum absolute atomic E-state index is 12.5. The van der Waals surface area contributed by atoms with Gasteiger partial charge in [0.1, 0.15) is 12.7 Å². The van der Waals surface area contributed by atoms with Crippen LogP contribution in [0.15, 0.2) is 67.4 Å². The third-order valence-corrected chi connectivity index (χ3v) is 5.22. The molecule has 0 unspecified atom stereocenters. The minimum absolute atomic E-state index is 0.184. The number of hydrogen-bond donors (Lipinski definition) is 1. The second-order valence-electron chi connectivity index (χ2n) is 6.18. The van der Waals surface area contributed by atoms with Crippen LogP contribution >= 0.6 is 22.9 Å². The van der Waals surface area contributed by atoms with Crippen LogP contribution in [0, 0.1) is 0 Å². The Morgan fingerprint density at radius 1 is 1.14 bits per heavy atom. The highest BCUT2D eigenvalue weighted by atomic mass is 35.5. The molecule has 0 aliphatic carbocycles. The Morgan fingerprint density at radius 2 is 2.00 bits per heavy atom. The van der Waals surface area contributed by atoms with Crippen LogP contribution in [-0.4, -0.2) is 25.7 Å². The number of carbonyl (C=O) groups excluding carboxylic acids is 1. The molecule has 0 saturated heterocycles.